The van der Waals surface area contributed by atoms with Crippen LogP contribution in [0.4, 0.5) is 65.9 Å². The maximum atomic E-state index is 14.7. The Morgan fingerprint density at radius 2 is 1.12 bits per heavy atom. The minimum Gasteiger partial charge on any atom is -0.458 e. The second-order valence-electron chi connectivity index (χ2n) is 8.15. The normalized spacial score (nSPS) is 16.1. The number of allylic oxidation sites excluding steroid dienone is 7. The van der Waals surface area contributed by atoms with E-state index in [4.69, 9.17) is 4.74 Å². The molecule has 12 nitrogen and oxygen atoms in total. The van der Waals surface area contributed by atoms with Crippen LogP contribution in [-0.2, 0) is 58.8 Å². The molecule has 0 heterocycles. The largest absolute Gasteiger partial charge is 0.460 e. The van der Waals surface area contributed by atoms with Gasteiger partial charge < -0.3 is 14.2 Å². The van der Waals surface area contributed by atoms with E-state index in [1.54, 1.807) is 0 Å². The summed E-state index contributed by atoms with van der Waals surface area (Å²) in [4.78, 5) is 30.6. The van der Waals surface area contributed by atoms with Crippen molar-refractivity contribution < 1.29 is 125 Å². The number of carbonyl (C=O) groups is 2. The molecule has 0 rings (SSSR count). The van der Waals surface area contributed by atoms with E-state index in [0.29, 0.717) is 0 Å². The summed E-state index contributed by atoms with van der Waals surface area (Å²) in [5, 5.41) is 18.5. The monoisotopic (exact) mass is 784 g/mol. The summed E-state index contributed by atoms with van der Waals surface area (Å²) in [6, 6.07) is 0. The van der Waals surface area contributed by atoms with Gasteiger partial charge >= 0.3 is 29.9 Å². The van der Waals surface area contributed by atoms with Crippen molar-refractivity contribution in [2.24, 2.45) is 0 Å². The lowest BCUT2D eigenvalue weighted by Gasteiger charge is -2.33. The Kier molecular flexibility index (Phi) is 20.3. The number of esters is 2. The first-order valence-corrected chi connectivity index (χ1v) is 12.4. The molecule has 27 heteroatoms. The minimum absolute atomic E-state index is 0.584. The van der Waals surface area contributed by atoms with Crippen LogP contribution in [0.2, 0.25) is 0 Å². The third-order valence-electron chi connectivity index (χ3n) is 4.72. The van der Waals surface area contributed by atoms with Crippen molar-refractivity contribution in [3.63, 3.8) is 0 Å². The van der Waals surface area contributed by atoms with Crippen molar-refractivity contribution in [3.8, 4) is 0 Å². The van der Waals surface area contributed by atoms with Gasteiger partial charge in [0.1, 0.15) is 19.9 Å². The number of ether oxygens (including phenoxy) is 3. The molecule has 0 bridgehead atoms. The van der Waals surface area contributed by atoms with E-state index in [2.05, 4.69) is 57.6 Å². The van der Waals surface area contributed by atoms with Crippen LogP contribution in [0, 0.1) is 0 Å². The fourth-order valence-electron chi connectivity index (χ4n) is 2.38. The van der Waals surface area contributed by atoms with Crippen molar-refractivity contribution in [1.29, 1.82) is 0 Å². The van der Waals surface area contributed by atoms with Crippen LogP contribution in [0.5, 0.6) is 0 Å². The lowest BCUT2D eigenvalue weighted by atomic mass is 10.1. The van der Waals surface area contributed by atoms with Crippen molar-refractivity contribution in [1.82, 2.24) is 0 Å². The Labute approximate surface area is 273 Å². The first kappa shape index (κ1) is 47.0. The molecule has 0 saturated carbocycles. The van der Waals surface area contributed by atoms with E-state index < -0.39 is 122 Å². The van der Waals surface area contributed by atoms with Gasteiger partial charge in [0.05, 0.1) is 13.2 Å². The van der Waals surface area contributed by atoms with E-state index >= 15 is 0 Å². The van der Waals surface area contributed by atoms with Gasteiger partial charge in [-0.3, -0.25) is 0 Å². The van der Waals surface area contributed by atoms with Gasteiger partial charge in [-0.05, 0) is 31.6 Å². The maximum absolute atomic E-state index is 14.7. The highest BCUT2D eigenvalue weighted by Crippen LogP contribution is 2.51. The van der Waals surface area contributed by atoms with Crippen LogP contribution in [0.1, 0.15) is 6.42 Å². The van der Waals surface area contributed by atoms with Gasteiger partial charge in [-0.15, -0.1) is 0 Å². The molecule has 292 valence electrons. The number of carbonyl (C=O) groups excluding carboxylic acids is 2. The molecule has 0 N–H and O–H groups in total. The average Bonchev–Trinajstić information content (AvgIpc) is 3.10. The van der Waals surface area contributed by atoms with Crippen molar-refractivity contribution in [3.05, 3.63) is 71.9 Å². The summed E-state index contributed by atoms with van der Waals surface area (Å²) in [7, 11) is 0. The molecule has 2 unspecified atom stereocenters. The molecule has 51 heavy (non-hydrogen) atoms. The fourth-order valence-corrected chi connectivity index (χ4v) is 2.38. The number of alkyl halides is 7. The van der Waals surface area contributed by atoms with Gasteiger partial charge in [0.25, 0.3) is 0 Å². The van der Waals surface area contributed by atoms with Crippen LogP contribution in [0.25, 0.3) is 0 Å². The summed E-state index contributed by atoms with van der Waals surface area (Å²) < 4.78 is 214. The molecule has 0 spiro atoms. The van der Waals surface area contributed by atoms with Crippen LogP contribution >= 0.6 is 0 Å². The summed E-state index contributed by atoms with van der Waals surface area (Å²) >= 11 is 0. The highest BCUT2D eigenvalue weighted by atomic mass is 19.4. The van der Waals surface area contributed by atoms with Gasteiger partial charge in [0.2, 0.25) is 23.3 Å². The Balaban J connectivity index is 5.31. The lowest BCUT2D eigenvalue weighted by Crippen LogP contribution is -2.56. The van der Waals surface area contributed by atoms with E-state index in [0.717, 1.165) is 12.2 Å². The Morgan fingerprint density at radius 3 is 1.63 bits per heavy atom. The van der Waals surface area contributed by atoms with Crippen LogP contribution < -0.4 is 0 Å². The van der Waals surface area contributed by atoms with Crippen LogP contribution in [0.15, 0.2) is 71.9 Å². The molecule has 2 atom stereocenters. The van der Waals surface area contributed by atoms with Crippen molar-refractivity contribution in [2.45, 2.75) is 30.5 Å². The van der Waals surface area contributed by atoms with Crippen LogP contribution in [0.3, 0.4) is 0 Å². The summed E-state index contributed by atoms with van der Waals surface area (Å²) in [6.45, 7) is -0.572. The van der Waals surface area contributed by atoms with Gasteiger partial charge in [-0.2, -0.15) is 31.2 Å². The molecule has 0 radical (unpaired) electrons. The molecule has 0 aliphatic heterocycles. The molecule has 0 fully saturated rings. The van der Waals surface area contributed by atoms with E-state index in [-0.39, 0.29) is 0 Å². The molecule has 0 aromatic carbocycles. The molecule has 0 saturated heterocycles. The summed E-state index contributed by atoms with van der Waals surface area (Å²) in [6.07, 6.45) is -8.14. The van der Waals surface area contributed by atoms with Gasteiger partial charge in [0, 0.05) is 12.2 Å². The van der Waals surface area contributed by atoms with Gasteiger partial charge in [0.15, 0.2) is 29.4 Å². The fraction of sp³-hybridized carbons (Fsp3) is 0.417. The molecule has 0 aliphatic rings. The number of hydrogen-bond acceptors (Lipinski definition) is 12. The zero-order valence-electron chi connectivity index (χ0n) is 24.5. The Hall–Kier alpha value is -3.99. The minimum atomic E-state index is -7.18. The summed E-state index contributed by atoms with van der Waals surface area (Å²) in [5.74, 6) is -44.6. The van der Waals surface area contributed by atoms with E-state index in [9.17, 15) is 75.4 Å². The third kappa shape index (κ3) is 14.3. The lowest BCUT2D eigenvalue weighted by molar-refractivity contribution is -0.790. The molecule has 0 amide bonds. The summed E-state index contributed by atoms with van der Waals surface area (Å²) in [5.41, 5.74) is 0. The maximum Gasteiger partial charge on any atom is 0.460 e. The third-order valence-corrected chi connectivity index (χ3v) is 4.72. The molecular weight excluding hydrogens is 765 g/mol. The van der Waals surface area contributed by atoms with Gasteiger partial charge in [-0.1, -0.05) is 13.2 Å². The Morgan fingerprint density at radius 1 is 0.627 bits per heavy atom. The molecule has 0 aromatic heterocycles. The number of hydrogen-bond donors (Lipinski definition) is 0. The standard InChI is InChI=1S/C24H19F15O12/c1-3-13(40)42-9-11(46-14(41)4-2)10-45-48-50-51-49-47-44-7-5-6-43-22(34,23(35,36)24(37,38)39)21(33)20(32)19(31)18(30)17(29)16(28)15(27)12(26)8-25/h3-4,11H,1-2,5-10H2/b15-12+,17-16+,19-18+,21-20+. The molecule has 0 aromatic rings. The highest BCUT2D eigenvalue weighted by Gasteiger charge is 2.75. The smallest absolute Gasteiger partial charge is 0.458 e. The average molecular weight is 784 g/mol. The highest BCUT2D eigenvalue weighted by molar-refractivity contribution is 5.82. The predicted molar refractivity (Wildman–Crippen MR) is 127 cm³/mol. The topological polar surface area (TPSA) is 126 Å². The second-order valence-corrected chi connectivity index (χ2v) is 8.15. The second kappa shape index (κ2) is 22.1. The first-order chi connectivity index (χ1) is 23.6. The first-order valence-electron chi connectivity index (χ1n) is 12.4. The van der Waals surface area contributed by atoms with Crippen molar-refractivity contribution in [2.75, 3.05) is 33.1 Å². The Bertz CT molecular complexity index is 1330. The van der Waals surface area contributed by atoms with E-state index in [1.807, 2.05) is 0 Å². The SMILES string of the molecule is C=CC(=O)OCC(COOOOOOOCCCOC(F)(/C(F)=C(F)/C(F)=C(F)/C(F)=C(F)/C(F)=C(\F)CF)C(F)(F)C(F)(F)F)OC(=O)C=C. The zero-order chi connectivity index (χ0) is 39.6. The van der Waals surface area contributed by atoms with E-state index in [1.165, 1.54) is 0 Å². The number of halogens is 15. The van der Waals surface area contributed by atoms with Crippen molar-refractivity contribution >= 4 is 11.9 Å². The molecule has 0 aliphatic carbocycles. The van der Waals surface area contributed by atoms with Gasteiger partial charge in [-0.25, -0.2) is 54.0 Å². The molecular formula is C24H19F15O12. The number of rotatable bonds is 24. The predicted octanol–water partition coefficient (Wildman–Crippen LogP) is 7.26. The quantitative estimate of drug-likeness (QED) is 0.0186. The van der Waals surface area contributed by atoms with Crippen LogP contribution in [-0.4, -0.2) is 69.1 Å². The zero-order valence-corrected chi connectivity index (χ0v) is 24.5.